The van der Waals surface area contributed by atoms with Crippen LogP contribution in [0.1, 0.15) is 25.3 Å². The van der Waals surface area contributed by atoms with Crippen molar-refractivity contribution in [1.82, 2.24) is 5.32 Å². The van der Waals surface area contributed by atoms with Crippen molar-refractivity contribution >= 4 is 17.3 Å². The molecule has 0 saturated carbocycles. The summed E-state index contributed by atoms with van der Waals surface area (Å²) < 4.78 is 38.9. The molecular formula is C15H20ClF3N2. The van der Waals surface area contributed by atoms with Crippen LogP contribution in [0.25, 0.3) is 0 Å². The zero-order chi connectivity index (χ0) is 15.5. The minimum atomic E-state index is -4.14. The molecule has 0 bridgehead atoms. The molecule has 0 spiro atoms. The third kappa shape index (κ3) is 4.04. The molecule has 1 unspecified atom stereocenters. The van der Waals surface area contributed by atoms with Crippen LogP contribution in [-0.2, 0) is 6.54 Å². The third-order valence-corrected chi connectivity index (χ3v) is 4.14. The van der Waals surface area contributed by atoms with E-state index >= 15 is 0 Å². The lowest BCUT2D eigenvalue weighted by molar-refractivity contribution is -0.176. The predicted octanol–water partition coefficient (Wildman–Crippen LogP) is 4.23. The van der Waals surface area contributed by atoms with E-state index in [1.54, 1.807) is 11.0 Å². The van der Waals surface area contributed by atoms with E-state index in [4.69, 9.17) is 11.6 Å². The van der Waals surface area contributed by atoms with Crippen molar-refractivity contribution in [2.75, 3.05) is 24.5 Å². The smallest absolute Gasteiger partial charge is 0.369 e. The largest absolute Gasteiger partial charge is 0.393 e. The molecule has 0 aromatic heterocycles. The second-order valence-corrected chi connectivity index (χ2v) is 5.76. The fourth-order valence-electron chi connectivity index (χ4n) is 2.76. The number of nitrogens with zero attached hydrogens (tertiary/aromatic N) is 1. The topological polar surface area (TPSA) is 15.3 Å². The van der Waals surface area contributed by atoms with Crippen molar-refractivity contribution in [3.63, 3.8) is 0 Å². The number of alkyl halides is 3. The maximum atomic E-state index is 13.0. The predicted molar refractivity (Wildman–Crippen MR) is 79.8 cm³/mol. The van der Waals surface area contributed by atoms with Crippen LogP contribution in [0.15, 0.2) is 18.2 Å². The molecule has 1 aromatic carbocycles. The molecule has 2 nitrogen and oxygen atoms in total. The van der Waals surface area contributed by atoms with Crippen LogP contribution < -0.4 is 10.2 Å². The van der Waals surface area contributed by atoms with E-state index in [0.29, 0.717) is 24.5 Å². The van der Waals surface area contributed by atoms with Crippen LogP contribution in [0.4, 0.5) is 18.9 Å². The Morgan fingerprint density at radius 2 is 2.14 bits per heavy atom. The zero-order valence-electron chi connectivity index (χ0n) is 12.0. The normalized spacial score (nSPS) is 19.9. The Hall–Kier alpha value is -0.940. The minimum absolute atomic E-state index is 0.00758. The molecule has 1 fully saturated rings. The Morgan fingerprint density at radius 1 is 1.38 bits per heavy atom. The van der Waals surface area contributed by atoms with Gasteiger partial charge in [0, 0.05) is 19.6 Å². The van der Waals surface area contributed by atoms with Gasteiger partial charge in [0.15, 0.2) is 0 Å². The highest BCUT2D eigenvalue weighted by molar-refractivity contribution is 6.33. The molecule has 0 amide bonds. The highest BCUT2D eigenvalue weighted by Gasteiger charge is 2.42. The van der Waals surface area contributed by atoms with Gasteiger partial charge in [-0.05, 0) is 31.0 Å². The molecule has 1 aliphatic rings. The Morgan fingerprint density at radius 3 is 2.81 bits per heavy atom. The SMILES string of the molecule is CCNCc1cccc(Cl)c1N1CCCC(C(F)(F)F)C1. The molecule has 21 heavy (non-hydrogen) atoms. The summed E-state index contributed by atoms with van der Waals surface area (Å²) in [5.74, 6) is -1.27. The van der Waals surface area contributed by atoms with Crippen LogP contribution in [0.3, 0.4) is 0 Å². The number of hydrogen-bond donors (Lipinski definition) is 1. The van der Waals surface area contributed by atoms with Crippen molar-refractivity contribution in [2.45, 2.75) is 32.5 Å². The lowest BCUT2D eigenvalue weighted by Gasteiger charge is -2.36. The molecule has 0 radical (unpaired) electrons. The first-order valence-corrected chi connectivity index (χ1v) is 7.61. The van der Waals surface area contributed by atoms with Gasteiger partial charge in [-0.2, -0.15) is 13.2 Å². The van der Waals surface area contributed by atoms with Gasteiger partial charge in [-0.25, -0.2) is 0 Å². The van der Waals surface area contributed by atoms with Gasteiger partial charge in [0.25, 0.3) is 0 Å². The first-order valence-electron chi connectivity index (χ1n) is 7.23. The lowest BCUT2D eigenvalue weighted by Crippen LogP contribution is -2.42. The van der Waals surface area contributed by atoms with E-state index in [1.165, 1.54) is 0 Å². The van der Waals surface area contributed by atoms with E-state index in [-0.39, 0.29) is 13.0 Å². The summed E-state index contributed by atoms with van der Waals surface area (Å²) in [6.07, 6.45) is -3.40. The van der Waals surface area contributed by atoms with Crippen LogP contribution in [0.5, 0.6) is 0 Å². The number of para-hydroxylation sites is 1. The molecule has 1 heterocycles. The second kappa shape index (κ2) is 6.88. The standard InChI is InChI=1S/C15H20ClF3N2/c1-2-20-9-11-5-3-7-13(16)14(11)21-8-4-6-12(10-21)15(17,18)19/h3,5,7,12,20H,2,4,6,8-10H2,1H3. The number of anilines is 1. The third-order valence-electron chi connectivity index (χ3n) is 3.84. The summed E-state index contributed by atoms with van der Waals surface area (Å²) in [7, 11) is 0. The monoisotopic (exact) mass is 320 g/mol. The van der Waals surface area contributed by atoms with Crippen molar-refractivity contribution < 1.29 is 13.2 Å². The van der Waals surface area contributed by atoms with Crippen LogP contribution in [0, 0.1) is 5.92 Å². The minimum Gasteiger partial charge on any atom is -0.369 e. The number of benzene rings is 1. The highest BCUT2D eigenvalue weighted by Crippen LogP contribution is 2.38. The summed E-state index contributed by atoms with van der Waals surface area (Å²) in [6.45, 7) is 4.02. The zero-order valence-corrected chi connectivity index (χ0v) is 12.8. The Labute approximate surface area is 128 Å². The summed E-state index contributed by atoms with van der Waals surface area (Å²) in [6, 6.07) is 5.49. The number of piperidine rings is 1. The lowest BCUT2D eigenvalue weighted by atomic mass is 9.96. The van der Waals surface area contributed by atoms with E-state index in [1.807, 2.05) is 19.1 Å². The number of nitrogens with one attached hydrogen (secondary N) is 1. The van der Waals surface area contributed by atoms with Crippen molar-refractivity contribution in [3.05, 3.63) is 28.8 Å². The van der Waals surface area contributed by atoms with Gasteiger partial charge in [-0.3, -0.25) is 0 Å². The fourth-order valence-corrected chi connectivity index (χ4v) is 3.08. The number of halogens is 4. The van der Waals surface area contributed by atoms with Crippen molar-refractivity contribution in [3.8, 4) is 0 Å². The first kappa shape index (κ1) is 16.4. The van der Waals surface area contributed by atoms with Gasteiger partial charge in [0.2, 0.25) is 0 Å². The van der Waals surface area contributed by atoms with E-state index < -0.39 is 12.1 Å². The summed E-state index contributed by atoms with van der Waals surface area (Å²) in [5, 5.41) is 3.73. The summed E-state index contributed by atoms with van der Waals surface area (Å²) in [4.78, 5) is 1.79. The molecule has 1 N–H and O–H groups in total. The summed E-state index contributed by atoms with van der Waals surface area (Å²) in [5.41, 5.74) is 1.70. The first-order chi connectivity index (χ1) is 9.93. The Bertz CT molecular complexity index is 476. The van der Waals surface area contributed by atoms with Gasteiger partial charge >= 0.3 is 6.18 Å². The molecule has 1 atom stereocenters. The number of hydrogen-bond acceptors (Lipinski definition) is 2. The quantitative estimate of drug-likeness (QED) is 0.893. The van der Waals surface area contributed by atoms with Gasteiger partial charge in [-0.15, -0.1) is 0 Å². The van der Waals surface area contributed by atoms with Gasteiger partial charge in [-0.1, -0.05) is 30.7 Å². The summed E-state index contributed by atoms with van der Waals surface area (Å²) >= 11 is 6.25. The molecule has 1 aromatic rings. The van der Waals surface area contributed by atoms with Crippen molar-refractivity contribution in [1.29, 1.82) is 0 Å². The average Bonchev–Trinajstić information content (AvgIpc) is 2.44. The molecule has 6 heteroatoms. The van der Waals surface area contributed by atoms with Crippen molar-refractivity contribution in [2.24, 2.45) is 5.92 Å². The van der Waals surface area contributed by atoms with Crippen LogP contribution in [-0.4, -0.2) is 25.8 Å². The van der Waals surface area contributed by atoms with Crippen LogP contribution >= 0.6 is 11.6 Å². The molecule has 1 saturated heterocycles. The van der Waals surface area contributed by atoms with E-state index in [0.717, 1.165) is 17.8 Å². The average molecular weight is 321 g/mol. The second-order valence-electron chi connectivity index (χ2n) is 5.35. The molecule has 1 aliphatic heterocycles. The van der Waals surface area contributed by atoms with Gasteiger partial charge in [0.1, 0.15) is 0 Å². The Kier molecular flexibility index (Phi) is 5.38. The maximum Gasteiger partial charge on any atom is 0.393 e. The molecule has 0 aliphatic carbocycles. The van der Waals surface area contributed by atoms with Gasteiger partial charge < -0.3 is 10.2 Å². The van der Waals surface area contributed by atoms with Crippen LogP contribution in [0.2, 0.25) is 5.02 Å². The number of rotatable bonds is 4. The van der Waals surface area contributed by atoms with E-state index in [9.17, 15) is 13.2 Å². The fraction of sp³-hybridized carbons (Fsp3) is 0.600. The molecule has 2 rings (SSSR count). The Balaban J connectivity index is 2.24. The highest BCUT2D eigenvalue weighted by atomic mass is 35.5. The molecule has 118 valence electrons. The van der Waals surface area contributed by atoms with E-state index in [2.05, 4.69) is 5.32 Å². The van der Waals surface area contributed by atoms with Gasteiger partial charge in [0.05, 0.1) is 16.6 Å². The maximum absolute atomic E-state index is 13.0. The molecular weight excluding hydrogens is 301 g/mol.